The molecule has 0 radical (unpaired) electrons. The highest BCUT2D eigenvalue weighted by molar-refractivity contribution is 7.09. The average Bonchev–Trinajstić information content (AvgIpc) is 3.50. The number of imidazole rings is 1. The fourth-order valence-corrected chi connectivity index (χ4v) is 4.54. The van der Waals surface area contributed by atoms with Crippen molar-refractivity contribution in [1.82, 2.24) is 19.8 Å². The minimum Gasteiger partial charge on any atom is -0.469 e. The van der Waals surface area contributed by atoms with E-state index in [2.05, 4.69) is 50.4 Å². The molecule has 154 valence electrons. The lowest BCUT2D eigenvalue weighted by atomic mass is 9.93. The van der Waals surface area contributed by atoms with E-state index in [9.17, 15) is 0 Å². The van der Waals surface area contributed by atoms with E-state index >= 15 is 0 Å². The van der Waals surface area contributed by atoms with Crippen LogP contribution in [0.5, 0.6) is 0 Å². The molecule has 2 unspecified atom stereocenters. The van der Waals surface area contributed by atoms with Crippen LogP contribution in [0.4, 0.5) is 0 Å². The molecule has 2 atom stereocenters. The van der Waals surface area contributed by atoms with E-state index in [4.69, 9.17) is 9.41 Å². The van der Waals surface area contributed by atoms with Gasteiger partial charge < -0.3 is 19.2 Å². The first-order valence-electron chi connectivity index (χ1n) is 10.3. The topological polar surface area (TPSA) is 58.6 Å². The van der Waals surface area contributed by atoms with Gasteiger partial charge in [0.1, 0.15) is 5.76 Å². The van der Waals surface area contributed by atoms with Crippen molar-refractivity contribution < 1.29 is 4.42 Å². The molecular weight excluding hydrogens is 382 g/mol. The molecule has 0 spiro atoms. The number of furan rings is 1. The number of nitrogens with one attached hydrogen (secondary N) is 1. The summed E-state index contributed by atoms with van der Waals surface area (Å²) in [6.07, 6.45) is 10.6. The van der Waals surface area contributed by atoms with Gasteiger partial charge in [-0.2, -0.15) is 0 Å². The monoisotopic (exact) mass is 411 g/mol. The van der Waals surface area contributed by atoms with Crippen LogP contribution in [0.25, 0.3) is 0 Å². The zero-order valence-corrected chi connectivity index (χ0v) is 17.7. The van der Waals surface area contributed by atoms with Gasteiger partial charge in [-0.1, -0.05) is 13.0 Å². The Balaban J connectivity index is 1.42. The average molecular weight is 412 g/mol. The first-order valence-corrected chi connectivity index (χ1v) is 11.2. The number of hydrogen-bond acceptors (Lipinski definition) is 4. The van der Waals surface area contributed by atoms with E-state index < -0.39 is 0 Å². The molecule has 3 aromatic heterocycles. The van der Waals surface area contributed by atoms with Crippen LogP contribution in [-0.2, 0) is 12.8 Å². The second kappa shape index (κ2) is 9.78. The van der Waals surface area contributed by atoms with Crippen molar-refractivity contribution in [2.75, 3.05) is 26.2 Å². The van der Waals surface area contributed by atoms with Crippen molar-refractivity contribution in [3.8, 4) is 0 Å². The zero-order valence-electron chi connectivity index (χ0n) is 16.9. The molecule has 1 aliphatic rings. The number of guanidine groups is 1. The molecule has 1 aliphatic heterocycles. The molecule has 0 saturated carbocycles. The van der Waals surface area contributed by atoms with Crippen LogP contribution < -0.4 is 5.32 Å². The minimum absolute atomic E-state index is 0.417. The van der Waals surface area contributed by atoms with Gasteiger partial charge in [-0.25, -0.2) is 4.98 Å². The molecule has 0 aliphatic carbocycles. The highest BCUT2D eigenvalue weighted by atomic mass is 32.1. The molecule has 1 N–H and O–H groups in total. The number of rotatable bonds is 7. The van der Waals surface area contributed by atoms with E-state index in [1.54, 1.807) is 17.6 Å². The van der Waals surface area contributed by atoms with E-state index in [1.807, 2.05) is 24.7 Å². The van der Waals surface area contributed by atoms with Crippen LogP contribution in [0.15, 0.2) is 64.0 Å². The molecule has 0 aromatic carbocycles. The van der Waals surface area contributed by atoms with Crippen molar-refractivity contribution in [3.63, 3.8) is 0 Å². The Kier molecular flexibility index (Phi) is 6.67. The number of aliphatic imine (C=N–C) groups is 1. The van der Waals surface area contributed by atoms with Gasteiger partial charge in [-0.05, 0) is 35.9 Å². The zero-order chi connectivity index (χ0) is 19.9. The maximum absolute atomic E-state index is 5.47. The van der Waals surface area contributed by atoms with Gasteiger partial charge in [0.2, 0.25) is 0 Å². The normalized spacial score (nSPS) is 20.2. The van der Waals surface area contributed by atoms with E-state index in [0.717, 1.165) is 57.2 Å². The fourth-order valence-electron chi connectivity index (χ4n) is 3.84. The van der Waals surface area contributed by atoms with Crippen LogP contribution >= 0.6 is 11.3 Å². The third-order valence-electron chi connectivity index (χ3n) is 5.56. The summed E-state index contributed by atoms with van der Waals surface area (Å²) in [7, 11) is 0. The molecule has 0 bridgehead atoms. The Bertz CT molecular complexity index is 857. The molecule has 1 fully saturated rings. The van der Waals surface area contributed by atoms with Crippen molar-refractivity contribution in [2.45, 2.75) is 32.2 Å². The van der Waals surface area contributed by atoms with Gasteiger partial charge in [0, 0.05) is 56.3 Å². The summed E-state index contributed by atoms with van der Waals surface area (Å²) in [5, 5.41) is 5.71. The van der Waals surface area contributed by atoms with Gasteiger partial charge in [-0.3, -0.25) is 4.99 Å². The molecular formula is C22H29N5OS. The van der Waals surface area contributed by atoms with E-state index in [-0.39, 0.29) is 0 Å². The van der Waals surface area contributed by atoms with Crippen LogP contribution in [0.3, 0.4) is 0 Å². The Morgan fingerprint density at radius 2 is 2.31 bits per heavy atom. The molecule has 1 saturated heterocycles. The Morgan fingerprint density at radius 3 is 3.07 bits per heavy atom. The van der Waals surface area contributed by atoms with E-state index in [1.165, 1.54) is 4.88 Å². The van der Waals surface area contributed by atoms with Gasteiger partial charge in [-0.15, -0.1) is 11.3 Å². The van der Waals surface area contributed by atoms with Gasteiger partial charge in [0.05, 0.1) is 18.6 Å². The summed E-state index contributed by atoms with van der Waals surface area (Å²) in [4.78, 5) is 13.0. The summed E-state index contributed by atoms with van der Waals surface area (Å²) < 4.78 is 7.71. The maximum atomic E-state index is 5.47. The predicted octanol–water partition coefficient (Wildman–Crippen LogP) is 3.85. The number of piperidine rings is 1. The largest absolute Gasteiger partial charge is 0.469 e. The molecule has 4 rings (SSSR count). The SMILES string of the molecule is CC1CCN(C(=NCCc2cccs2)NCCc2ccco2)CC1n1ccnc1. The van der Waals surface area contributed by atoms with Gasteiger partial charge in [0.15, 0.2) is 5.96 Å². The number of thiophene rings is 1. The van der Waals surface area contributed by atoms with E-state index in [0.29, 0.717) is 12.0 Å². The van der Waals surface area contributed by atoms with Gasteiger partial charge >= 0.3 is 0 Å². The predicted molar refractivity (Wildman–Crippen MR) is 117 cm³/mol. The maximum Gasteiger partial charge on any atom is 0.194 e. The minimum atomic E-state index is 0.417. The highest BCUT2D eigenvalue weighted by Gasteiger charge is 2.29. The lowest BCUT2D eigenvalue weighted by molar-refractivity contribution is 0.189. The Hall–Kier alpha value is -2.54. The lowest BCUT2D eigenvalue weighted by Gasteiger charge is -2.39. The quantitative estimate of drug-likeness (QED) is 0.474. The third kappa shape index (κ3) is 5.29. The van der Waals surface area contributed by atoms with Crippen molar-refractivity contribution in [3.05, 3.63) is 65.3 Å². The molecule has 29 heavy (non-hydrogen) atoms. The van der Waals surface area contributed by atoms with Gasteiger partial charge in [0.25, 0.3) is 0 Å². The van der Waals surface area contributed by atoms with Crippen molar-refractivity contribution in [1.29, 1.82) is 0 Å². The first-order chi connectivity index (χ1) is 14.3. The molecule has 6 nitrogen and oxygen atoms in total. The molecule has 4 heterocycles. The van der Waals surface area contributed by atoms with Crippen LogP contribution in [-0.4, -0.2) is 46.6 Å². The number of hydrogen-bond donors (Lipinski definition) is 1. The van der Waals surface area contributed by atoms with Crippen LogP contribution in [0.1, 0.15) is 30.0 Å². The highest BCUT2D eigenvalue weighted by Crippen LogP contribution is 2.27. The first kappa shape index (κ1) is 19.8. The van der Waals surface area contributed by atoms with Crippen molar-refractivity contribution >= 4 is 17.3 Å². The summed E-state index contributed by atoms with van der Waals surface area (Å²) >= 11 is 1.80. The second-order valence-corrected chi connectivity index (χ2v) is 8.61. The number of likely N-dealkylation sites (tertiary alicyclic amines) is 1. The smallest absolute Gasteiger partial charge is 0.194 e. The molecule has 7 heteroatoms. The standard InChI is InChI=1S/C22H29N5OS/c1-18-8-12-26(16-21(18)27-13-11-23-17-27)22(24-9-6-19-4-2-14-28-19)25-10-7-20-5-3-15-29-20/h2-5,11,13-15,17-18,21H,6-10,12,16H2,1H3,(H,24,25). The van der Waals surface area contributed by atoms with Crippen LogP contribution in [0.2, 0.25) is 0 Å². The lowest BCUT2D eigenvalue weighted by Crippen LogP contribution is -2.49. The number of nitrogens with zero attached hydrogens (tertiary/aromatic N) is 4. The third-order valence-corrected chi connectivity index (χ3v) is 6.50. The van der Waals surface area contributed by atoms with Crippen LogP contribution in [0, 0.1) is 5.92 Å². The summed E-state index contributed by atoms with van der Waals surface area (Å²) in [5.41, 5.74) is 0. The number of aromatic nitrogens is 2. The fraction of sp³-hybridized carbons (Fsp3) is 0.455. The summed E-state index contributed by atoms with van der Waals surface area (Å²) in [5.74, 6) is 2.63. The molecule has 0 amide bonds. The Labute approximate surface area is 176 Å². The Morgan fingerprint density at radius 1 is 1.34 bits per heavy atom. The molecule has 3 aromatic rings. The second-order valence-electron chi connectivity index (χ2n) is 7.58. The summed E-state index contributed by atoms with van der Waals surface area (Å²) in [6, 6.07) is 8.66. The van der Waals surface area contributed by atoms with Crippen molar-refractivity contribution in [2.24, 2.45) is 10.9 Å². The summed E-state index contributed by atoms with van der Waals surface area (Å²) in [6.45, 7) is 5.92.